The lowest BCUT2D eigenvalue weighted by Gasteiger charge is -2.21. The normalized spacial score (nSPS) is 13.4. The molecule has 0 radical (unpaired) electrons. The van der Waals surface area contributed by atoms with E-state index >= 15 is 0 Å². The molecular formula is C16H16FN3O2. The molecule has 114 valence electrons. The highest BCUT2D eigenvalue weighted by molar-refractivity contribution is 5.88. The van der Waals surface area contributed by atoms with Gasteiger partial charge in [-0.25, -0.2) is 9.24 Å². The number of aryl methyl sites for hydroxylation is 1. The molecule has 1 N–H and O–H groups in total. The van der Waals surface area contributed by atoms with Gasteiger partial charge in [-0.05, 0) is 25.0 Å². The molecule has 0 saturated heterocycles. The second kappa shape index (κ2) is 6.08. The number of hydrogen-bond donors (Lipinski definition) is 1. The van der Waals surface area contributed by atoms with E-state index in [2.05, 4.69) is 9.94 Å². The fraction of sp³-hybridized carbons (Fsp3) is 0.312. The predicted molar refractivity (Wildman–Crippen MR) is 79.0 cm³/mol. The Bertz CT molecular complexity index is 744. The molecule has 22 heavy (non-hydrogen) atoms. The zero-order valence-electron chi connectivity index (χ0n) is 12.4. The van der Waals surface area contributed by atoms with Crippen LogP contribution in [-0.2, 0) is 17.8 Å². The Labute approximate surface area is 127 Å². The zero-order valence-corrected chi connectivity index (χ0v) is 12.4. The van der Waals surface area contributed by atoms with E-state index in [0.29, 0.717) is 5.69 Å². The van der Waals surface area contributed by atoms with Crippen LogP contribution in [0.25, 0.3) is 4.85 Å². The molecule has 0 aliphatic carbocycles. The van der Waals surface area contributed by atoms with Crippen LogP contribution in [0.5, 0.6) is 0 Å². The Morgan fingerprint density at radius 1 is 1.55 bits per heavy atom. The average molecular weight is 301 g/mol. The molecule has 1 atom stereocenters. The molecule has 2 rings (SSSR count). The smallest absolute Gasteiger partial charge is 0.190 e. The van der Waals surface area contributed by atoms with Gasteiger partial charge < -0.3 is 5.11 Å². The Kier molecular flexibility index (Phi) is 4.38. The minimum Gasteiger partial charge on any atom is -0.380 e. The molecule has 2 aromatic rings. The topological polar surface area (TPSA) is 59.5 Å². The summed E-state index contributed by atoms with van der Waals surface area (Å²) in [6.07, 6.45) is 2.18. The van der Waals surface area contributed by atoms with E-state index in [-0.39, 0.29) is 13.0 Å². The third-order valence-corrected chi connectivity index (χ3v) is 3.42. The van der Waals surface area contributed by atoms with Gasteiger partial charge >= 0.3 is 0 Å². The van der Waals surface area contributed by atoms with Crippen LogP contribution in [0.1, 0.15) is 18.1 Å². The molecule has 5 nitrogen and oxygen atoms in total. The summed E-state index contributed by atoms with van der Waals surface area (Å²) in [5.74, 6) is -0.910. The molecule has 0 fully saturated rings. The van der Waals surface area contributed by atoms with Crippen molar-refractivity contribution in [1.29, 1.82) is 0 Å². The first-order chi connectivity index (χ1) is 10.3. The largest absolute Gasteiger partial charge is 0.380 e. The van der Waals surface area contributed by atoms with Crippen molar-refractivity contribution in [3.63, 3.8) is 0 Å². The highest BCUT2D eigenvalue weighted by Crippen LogP contribution is 2.21. The highest BCUT2D eigenvalue weighted by atomic mass is 19.1. The van der Waals surface area contributed by atoms with E-state index in [0.717, 1.165) is 23.5 Å². The number of carbonyl (C=O) groups is 1. The Morgan fingerprint density at radius 2 is 2.27 bits per heavy atom. The number of rotatable bonds is 5. The molecule has 1 aromatic heterocycles. The van der Waals surface area contributed by atoms with Crippen molar-refractivity contribution in [3.8, 4) is 0 Å². The fourth-order valence-corrected chi connectivity index (χ4v) is 2.16. The predicted octanol–water partition coefficient (Wildman–Crippen LogP) is 2.44. The standard InChI is InChI=1S/C16H16FN3O2/c1-11-6-12(4-5-14(11)18-3)7-15(21)16(2,22)10-20-9-13(17)8-19-20/h4-6,8-9,22H,7,10H2,1-2H3/t16-/m1/s1. The van der Waals surface area contributed by atoms with Crippen molar-refractivity contribution in [3.05, 3.63) is 59.0 Å². The van der Waals surface area contributed by atoms with Crippen molar-refractivity contribution in [2.45, 2.75) is 32.4 Å². The summed E-state index contributed by atoms with van der Waals surface area (Å²) in [5.41, 5.74) is 0.399. The molecule has 1 heterocycles. The van der Waals surface area contributed by atoms with E-state index in [1.54, 1.807) is 25.1 Å². The minimum atomic E-state index is -1.65. The van der Waals surface area contributed by atoms with E-state index in [1.807, 2.05) is 0 Å². The van der Waals surface area contributed by atoms with Gasteiger partial charge in [-0.2, -0.15) is 5.10 Å². The number of Topliss-reactive ketones (excluding diaryl/α,β-unsaturated/α-hetero) is 1. The van der Waals surface area contributed by atoms with Crippen molar-refractivity contribution < 1.29 is 14.3 Å². The third-order valence-electron chi connectivity index (χ3n) is 3.42. The monoisotopic (exact) mass is 301 g/mol. The molecule has 6 heteroatoms. The Balaban J connectivity index is 2.10. The molecule has 0 aliphatic rings. The van der Waals surface area contributed by atoms with E-state index < -0.39 is 17.2 Å². The molecule has 0 unspecified atom stereocenters. The van der Waals surface area contributed by atoms with E-state index in [9.17, 15) is 14.3 Å². The summed E-state index contributed by atoms with van der Waals surface area (Å²) in [6, 6.07) is 5.11. The summed E-state index contributed by atoms with van der Waals surface area (Å²) in [6.45, 7) is 10.1. The highest BCUT2D eigenvalue weighted by Gasteiger charge is 2.31. The minimum absolute atomic E-state index is 0.0376. The number of ketones is 1. The lowest BCUT2D eigenvalue weighted by Crippen LogP contribution is -2.40. The second-order valence-corrected chi connectivity index (χ2v) is 5.46. The first kappa shape index (κ1) is 15.9. The van der Waals surface area contributed by atoms with Crippen LogP contribution in [0, 0.1) is 19.3 Å². The van der Waals surface area contributed by atoms with Gasteiger partial charge in [0.1, 0.15) is 5.60 Å². The SMILES string of the molecule is [C-]#[N+]c1ccc(CC(=O)[C@](C)(O)Cn2cc(F)cn2)cc1C. The van der Waals surface area contributed by atoms with Crippen LogP contribution >= 0.6 is 0 Å². The number of hydrogen-bond acceptors (Lipinski definition) is 3. The van der Waals surface area contributed by atoms with Gasteiger partial charge in [0.25, 0.3) is 0 Å². The fourth-order valence-electron chi connectivity index (χ4n) is 2.16. The van der Waals surface area contributed by atoms with Crippen molar-refractivity contribution in [2.24, 2.45) is 0 Å². The quantitative estimate of drug-likeness (QED) is 0.863. The average Bonchev–Trinajstić information content (AvgIpc) is 2.83. The first-order valence-electron chi connectivity index (χ1n) is 6.72. The maximum atomic E-state index is 12.9. The van der Waals surface area contributed by atoms with Gasteiger partial charge in [0.15, 0.2) is 17.3 Å². The van der Waals surface area contributed by atoms with Crippen LogP contribution in [0.15, 0.2) is 30.6 Å². The lowest BCUT2D eigenvalue weighted by molar-refractivity contribution is -0.136. The van der Waals surface area contributed by atoms with Gasteiger partial charge in [-0.1, -0.05) is 18.2 Å². The maximum absolute atomic E-state index is 12.9. The van der Waals surface area contributed by atoms with Gasteiger partial charge in [-0.15, -0.1) is 0 Å². The van der Waals surface area contributed by atoms with Crippen molar-refractivity contribution >= 4 is 11.5 Å². The van der Waals surface area contributed by atoms with Crippen molar-refractivity contribution in [2.75, 3.05) is 0 Å². The number of nitrogens with zero attached hydrogens (tertiary/aromatic N) is 3. The second-order valence-electron chi connectivity index (χ2n) is 5.46. The van der Waals surface area contributed by atoms with Crippen LogP contribution < -0.4 is 0 Å². The van der Waals surface area contributed by atoms with Gasteiger partial charge in [0.05, 0.1) is 25.5 Å². The molecule has 0 aliphatic heterocycles. The molecular weight excluding hydrogens is 285 g/mol. The van der Waals surface area contributed by atoms with Crippen molar-refractivity contribution in [1.82, 2.24) is 9.78 Å². The molecule has 0 amide bonds. The van der Waals surface area contributed by atoms with E-state index in [1.165, 1.54) is 11.6 Å². The molecule has 1 aromatic carbocycles. The van der Waals surface area contributed by atoms with Crippen LogP contribution in [0.4, 0.5) is 10.1 Å². The Morgan fingerprint density at radius 3 is 2.82 bits per heavy atom. The number of aromatic nitrogens is 2. The van der Waals surface area contributed by atoms with Gasteiger partial charge in [-0.3, -0.25) is 9.48 Å². The summed E-state index contributed by atoms with van der Waals surface area (Å²) < 4.78 is 14.1. The van der Waals surface area contributed by atoms with E-state index in [4.69, 9.17) is 6.57 Å². The van der Waals surface area contributed by atoms with Gasteiger partial charge in [0.2, 0.25) is 0 Å². The number of aliphatic hydroxyl groups is 1. The molecule has 0 bridgehead atoms. The third kappa shape index (κ3) is 3.57. The van der Waals surface area contributed by atoms with Crippen LogP contribution in [0.2, 0.25) is 0 Å². The lowest BCUT2D eigenvalue weighted by atomic mass is 9.94. The number of benzene rings is 1. The van der Waals surface area contributed by atoms with Crippen LogP contribution in [-0.4, -0.2) is 26.3 Å². The summed E-state index contributed by atoms with van der Waals surface area (Å²) in [5, 5.41) is 14.0. The molecule has 0 spiro atoms. The summed E-state index contributed by atoms with van der Waals surface area (Å²) in [7, 11) is 0. The summed E-state index contributed by atoms with van der Waals surface area (Å²) >= 11 is 0. The zero-order chi connectivity index (χ0) is 16.3. The Hall–Kier alpha value is -2.52. The van der Waals surface area contributed by atoms with Crippen LogP contribution in [0.3, 0.4) is 0 Å². The molecule has 0 saturated carbocycles. The summed E-state index contributed by atoms with van der Waals surface area (Å²) in [4.78, 5) is 15.6. The van der Waals surface area contributed by atoms with Gasteiger partial charge in [0, 0.05) is 6.42 Å². The number of halogens is 1. The maximum Gasteiger partial charge on any atom is 0.190 e. The first-order valence-corrected chi connectivity index (χ1v) is 6.72. The number of carbonyl (C=O) groups excluding carboxylic acids is 1.